The first-order valence-corrected chi connectivity index (χ1v) is 8.70. The SMILES string of the molecule is CC(NC1C(C)(C)[C@H]2CC[C@]1(C)C2)c1ccc(Cl)cc1Cl. The Balaban J connectivity index is 1.83. The number of benzene rings is 1. The van der Waals surface area contributed by atoms with E-state index in [0.717, 1.165) is 16.5 Å². The van der Waals surface area contributed by atoms with Crippen molar-refractivity contribution in [3.05, 3.63) is 33.8 Å². The highest BCUT2D eigenvalue weighted by Crippen LogP contribution is 2.62. The Hall–Kier alpha value is -0.240. The Morgan fingerprint density at radius 1 is 1.24 bits per heavy atom. The molecule has 0 aliphatic heterocycles. The highest BCUT2D eigenvalue weighted by atomic mass is 35.5. The van der Waals surface area contributed by atoms with Crippen LogP contribution in [0, 0.1) is 16.7 Å². The Morgan fingerprint density at radius 3 is 2.52 bits per heavy atom. The van der Waals surface area contributed by atoms with Crippen molar-refractivity contribution in [1.29, 1.82) is 0 Å². The molecule has 0 heterocycles. The third-order valence-corrected chi connectivity index (χ3v) is 6.68. The topological polar surface area (TPSA) is 12.0 Å². The summed E-state index contributed by atoms with van der Waals surface area (Å²) in [7, 11) is 0. The van der Waals surface area contributed by atoms with Crippen LogP contribution >= 0.6 is 23.2 Å². The van der Waals surface area contributed by atoms with E-state index in [1.54, 1.807) is 0 Å². The predicted molar refractivity (Wildman–Crippen MR) is 91.0 cm³/mol. The molecular formula is C18H25Cl2N. The molecule has 1 N–H and O–H groups in total. The van der Waals surface area contributed by atoms with Crippen LogP contribution in [0.4, 0.5) is 0 Å². The Labute approximate surface area is 138 Å². The first-order chi connectivity index (χ1) is 9.74. The molecule has 2 fully saturated rings. The molecule has 21 heavy (non-hydrogen) atoms. The van der Waals surface area contributed by atoms with Crippen molar-refractivity contribution in [3.63, 3.8) is 0 Å². The van der Waals surface area contributed by atoms with E-state index in [9.17, 15) is 0 Å². The van der Waals surface area contributed by atoms with E-state index in [1.807, 2.05) is 18.2 Å². The minimum Gasteiger partial charge on any atom is -0.306 e. The quantitative estimate of drug-likeness (QED) is 0.733. The molecule has 1 aromatic carbocycles. The van der Waals surface area contributed by atoms with Crippen molar-refractivity contribution in [2.75, 3.05) is 0 Å². The maximum atomic E-state index is 6.37. The minimum atomic E-state index is 0.246. The van der Waals surface area contributed by atoms with E-state index in [0.29, 0.717) is 21.9 Å². The van der Waals surface area contributed by atoms with Crippen LogP contribution in [0.1, 0.15) is 58.6 Å². The monoisotopic (exact) mass is 325 g/mol. The van der Waals surface area contributed by atoms with Crippen molar-refractivity contribution in [2.24, 2.45) is 16.7 Å². The molecule has 2 aliphatic carbocycles. The zero-order chi connectivity index (χ0) is 15.4. The van der Waals surface area contributed by atoms with Crippen LogP contribution in [0.15, 0.2) is 18.2 Å². The van der Waals surface area contributed by atoms with Gasteiger partial charge in [0.1, 0.15) is 0 Å². The molecule has 0 radical (unpaired) electrons. The van der Waals surface area contributed by atoms with Crippen LogP contribution in [0.25, 0.3) is 0 Å². The van der Waals surface area contributed by atoms with E-state index in [4.69, 9.17) is 23.2 Å². The smallest absolute Gasteiger partial charge is 0.0468 e. The molecule has 0 aromatic heterocycles. The maximum Gasteiger partial charge on any atom is 0.0468 e. The summed E-state index contributed by atoms with van der Waals surface area (Å²) in [5.41, 5.74) is 1.94. The second kappa shape index (κ2) is 5.15. The zero-order valence-corrected chi connectivity index (χ0v) is 14.9. The molecule has 2 unspecified atom stereocenters. The van der Waals surface area contributed by atoms with Gasteiger partial charge in [-0.25, -0.2) is 0 Å². The average molecular weight is 326 g/mol. The van der Waals surface area contributed by atoms with Gasteiger partial charge in [0.05, 0.1) is 0 Å². The molecule has 116 valence electrons. The summed E-state index contributed by atoms with van der Waals surface area (Å²) < 4.78 is 0. The van der Waals surface area contributed by atoms with Gasteiger partial charge in [-0.15, -0.1) is 0 Å². The van der Waals surface area contributed by atoms with Crippen molar-refractivity contribution < 1.29 is 0 Å². The predicted octanol–water partition coefficient (Wildman–Crippen LogP) is 5.86. The molecule has 1 aromatic rings. The van der Waals surface area contributed by atoms with Gasteiger partial charge in [0.2, 0.25) is 0 Å². The van der Waals surface area contributed by atoms with E-state index in [1.165, 1.54) is 19.3 Å². The fourth-order valence-electron chi connectivity index (χ4n) is 4.91. The van der Waals surface area contributed by atoms with Crippen molar-refractivity contribution in [3.8, 4) is 0 Å². The first-order valence-electron chi connectivity index (χ1n) is 7.95. The molecule has 0 saturated heterocycles. The summed E-state index contributed by atoms with van der Waals surface area (Å²) >= 11 is 12.4. The number of hydrogen-bond donors (Lipinski definition) is 1. The molecular weight excluding hydrogens is 301 g/mol. The van der Waals surface area contributed by atoms with Gasteiger partial charge in [-0.3, -0.25) is 0 Å². The lowest BCUT2D eigenvalue weighted by Crippen LogP contribution is -2.51. The fraction of sp³-hybridized carbons (Fsp3) is 0.667. The van der Waals surface area contributed by atoms with E-state index in [2.05, 4.69) is 33.0 Å². The van der Waals surface area contributed by atoms with Gasteiger partial charge >= 0.3 is 0 Å². The molecule has 0 amide bonds. The lowest BCUT2D eigenvalue weighted by molar-refractivity contribution is 0.100. The van der Waals surface area contributed by atoms with Crippen molar-refractivity contribution in [2.45, 2.75) is 59.0 Å². The number of halogens is 2. The molecule has 2 saturated carbocycles. The van der Waals surface area contributed by atoms with Gasteiger partial charge in [-0.05, 0) is 60.6 Å². The van der Waals surface area contributed by atoms with Crippen LogP contribution < -0.4 is 5.32 Å². The van der Waals surface area contributed by atoms with E-state index in [-0.39, 0.29) is 6.04 Å². The van der Waals surface area contributed by atoms with Gasteiger partial charge in [-0.2, -0.15) is 0 Å². The van der Waals surface area contributed by atoms with Crippen LogP contribution in [-0.4, -0.2) is 6.04 Å². The highest BCUT2D eigenvalue weighted by molar-refractivity contribution is 6.35. The van der Waals surface area contributed by atoms with E-state index < -0.39 is 0 Å². The summed E-state index contributed by atoms with van der Waals surface area (Å²) in [6.45, 7) is 9.52. The highest BCUT2D eigenvalue weighted by Gasteiger charge is 2.59. The molecule has 3 rings (SSSR count). The summed E-state index contributed by atoms with van der Waals surface area (Å²) in [5.74, 6) is 0.855. The standard InChI is InChI=1S/C18H25Cl2N/c1-11(14-6-5-13(19)9-15(14)20)21-16-17(2,3)12-7-8-18(16,4)10-12/h5-6,9,11-12,16,21H,7-8,10H2,1-4H3/t11?,12-,16?,18+/m0/s1. The lowest BCUT2D eigenvalue weighted by Gasteiger charge is -2.44. The summed E-state index contributed by atoms with van der Waals surface area (Å²) in [6.07, 6.45) is 4.09. The molecule has 4 atom stereocenters. The molecule has 1 nitrogen and oxygen atoms in total. The minimum absolute atomic E-state index is 0.246. The Kier molecular flexibility index (Phi) is 3.83. The lowest BCUT2D eigenvalue weighted by atomic mass is 9.68. The van der Waals surface area contributed by atoms with E-state index >= 15 is 0 Å². The number of rotatable bonds is 3. The summed E-state index contributed by atoms with van der Waals surface area (Å²) in [6, 6.07) is 6.60. The normalized spacial score (nSPS) is 35.1. The van der Waals surface area contributed by atoms with Gasteiger partial charge in [-0.1, -0.05) is 50.0 Å². The van der Waals surface area contributed by atoms with Crippen LogP contribution in [0.3, 0.4) is 0 Å². The number of hydrogen-bond acceptors (Lipinski definition) is 1. The van der Waals surface area contributed by atoms with Crippen molar-refractivity contribution in [1.82, 2.24) is 5.32 Å². The number of nitrogens with one attached hydrogen (secondary N) is 1. The molecule has 3 heteroatoms. The fourth-order valence-corrected chi connectivity index (χ4v) is 5.48. The molecule has 2 aliphatic rings. The summed E-state index contributed by atoms with van der Waals surface area (Å²) in [5, 5.41) is 5.35. The van der Waals surface area contributed by atoms with Gasteiger partial charge in [0, 0.05) is 22.1 Å². The molecule has 0 spiro atoms. The third kappa shape index (κ3) is 2.52. The van der Waals surface area contributed by atoms with Gasteiger partial charge < -0.3 is 5.32 Å². The Bertz CT molecular complexity index is 549. The first kappa shape index (κ1) is 15.6. The zero-order valence-electron chi connectivity index (χ0n) is 13.3. The number of fused-ring (bicyclic) bond motifs is 2. The maximum absolute atomic E-state index is 6.37. The van der Waals surface area contributed by atoms with Crippen LogP contribution in [0.2, 0.25) is 10.0 Å². The molecule has 2 bridgehead atoms. The third-order valence-electron chi connectivity index (χ3n) is 6.12. The second-order valence-electron chi connectivity index (χ2n) is 7.90. The second-order valence-corrected chi connectivity index (χ2v) is 8.75. The van der Waals surface area contributed by atoms with Gasteiger partial charge in [0.25, 0.3) is 0 Å². The van der Waals surface area contributed by atoms with Gasteiger partial charge in [0.15, 0.2) is 0 Å². The summed E-state index contributed by atoms with van der Waals surface area (Å²) in [4.78, 5) is 0. The Morgan fingerprint density at radius 2 is 1.95 bits per heavy atom. The van der Waals surface area contributed by atoms with Crippen LogP contribution in [-0.2, 0) is 0 Å². The average Bonchev–Trinajstić information content (AvgIpc) is 2.85. The van der Waals surface area contributed by atoms with Crippen molar-refractivity contribution >= 4 is 23.2 Å². The largest absolute Gasteiger partial charge is 0.306 e. The van der Waals surface area contributed by atoms with Crippen LogP contribution in [0.5, 0.6) is 0 Å².